The number of nitrogens with one attached hydrogen (secondary N) is 1. The fourth-order valence-corrected chi connectivity index (χ4v) is 4.10. The first-order valence-corrected chi connectivity index (χ1v) is 12.0. The van der Waals surface area contributed by atoms with Crippen LogP contribution in [-0.4, -0.2) is 51.1 Å². The molecule has 0 radical (unpaired) electrons. The van der Waals surface area contributed by atoms with Crippen LogP contribution < -0.4 is 9.74 Å². The van der Waals surface area contributed by atoms with Gasteiger partial charge in [0.25, 0.3) is 0 Å². The van der Waals surface area contributed by atoms with E-state index in [2.05, 4.69) is 68.0 Å². The Morgan fingerprint density at radius 1 is 1.17 bits per heavy atom. The van der Waals surface area contributed by atoms with E-state index < -0.39 is 8.32 Å². The summed E-state index contributed by atoms with van der Waals surface area (Å²) in [4.78, 5) is 2.49. The highest BCUT2D eigenvalue weighted by Crippen LogP contribution is 2.38. The van der Waals surface area contributed by atoms with Crippen LogP contribution in [0, 0.1) is 5.41 Å². The summed E-state index contributed by atoms with van der Waals surface area (Å²) >= 11 is 0. The Kier molecular flexibility index (Phi) is 5.89. The van der Waals surface area contributed by atoms with Crippen molar-refractivity contribution in [3.63, 3.8) is 0 Å². The van der Waals surface area contributed by atoms with E-state index in [1.807, 2.05) is 0 Å². The molecule has 0 unspecified atom stereocenters. The summed E-state index contributed by atoms with van der Waals surface area (Å²) in [7, 11) is -1.58. The fourth-order valence-electron chi connectivity index (χ4n) is 3.25. The second-order valence-electron chi connectivity index (χ2n) is 8.12. The monoisotopic (exact) mass is 336 g/mol. The van der Waals surface area contributed by atoms with E-state index >= 15 is 0 Å². The first-order valence-electron chi connectivity index (χ1n) is 8.57. The molecule has 0 saturated carbocycles. The van der Waals surface area contributed by atoms with Crippen molar-refractivity contribution in [3.05, 3.63) is 29.8 Å². The maximum Gasteiger partial charge on any atom is 0.242 e. The Hall–Kier alpha value is -0.883. The Morgan fingerprint density at radius 2 is 1.74 bits per heavy atom. The molecule has 5 heteroatoms. The van der Waals surface area contributed by atoms with Crippen LogP contribution >= 0.6 is 0 Å². The van der Waals surface area contributed by atoms with Crippen LogP contribution in [0.5, 0.6) is 5.75 Å². The topological polar surface area (TPSA) is 44.7 Å². The molecule has 1 fully saturated rings. The van der Waals surface area contributed by atoms with Crippen LogP contribution in [0.2, 0.25) is 19.6 Å². The Labute approximate surface area is 142 Å². The standard InChI is InChI=1S/C18H32N2O2Si/c1-18(2,14-21)17(20-12-10-19-11-13-20)15-6-8-16(9-7-15)22-23(3,4)5/h6-9,17,19,21H,10-14H2,1-5H3/t17-/m0/s1. The predicted octanol–water partition coefficient (Wildman–Crippen LogP) is 2.87. The minimum atomic E-state index is -1.58. The molecular formula is C18H32N2O2Si. The molecule has 1 saturated heterocycles. The van der Waals surface area contributed by atoms with Gasteiger partial charge in [0.2, 0.25) is 8.32 Å². The molecule has 1 atom stereocenters. The van der Waals surface area contributed by atoms with Gasteiger partial charge in [-0.15, -0.1) is 0 Å². The molecule has 4 nitrogen and oxygen atoms in total. The highest BCUT2D eigenvalue weighted by atomic mass is 28.4. The number of nitrogens with zero attached hydrogens (tertiary/aromatic N) is 1. The second kappa shape index (κ2) is 7.34. The number of hydrogen-bond donors (Lipinski definition) is 2. The van der Waals surface area contributed by atoms with Crippen LogP contribution in [0.25, 0.3) is 0 Å². The number of benzene rings is 1. The normalized spacial score (nSPS) is 18.7. The second-order valence-corrected chi connectivity index (χ2v) is 12.5. The van der Waals surface area contributed by atoms with Crippen molar-refractivity contribution < 1.29 is 9.53 Å². The Bertz CT molecular complexity index is 491. The fraction of sp³-hybridized carbons (Fsp3) is 0.667. The smallest absolute Gasteiger partial charge is 0.242 e. The van der Waals surface area contributed by atoms with Crippen LogP contribution in [0.4, 0.5) is 0 Å². The van der Waals surface area contributed by atoms with Crippen LogP contribution in [-0.2, 0) is 0 Å². The number of piperazine rings is 1. The number of rotatable bonds is 6. The number of hydrogen-bond acceptors (Lipinski definition) is 4. The summed E-state index contributed by atoms with van der Waals surface area (Å²) in [6.45, 7) is 15.1. The lowest BCUT2D eigenvalue weighted by atomic mass is 9.79. The summed E-state index contributed by atoms with van der Waals surface area (Å²) in [6.07, 6.45) is 0. The van der Waals surface area contributed by atoms with Crippen molar-refractivity contribution in [2.24, 2.45) is 5.41 Å². The van der Waals surface area contributed by atoms with Gasteiger partial charge in [-0.25, -0.2) is 0 Å². The zero-order chi connectivity index (χ0) is 17.1. The SMILES string of the molecule is CC(C)(CO)[C@H](c1ccc(O[Si](C)(C)C)cc1)N1CCNCC1. The van der Waals surface area contributed by atoms with Crippen molar-refractivity contribution in [1.29, 1.82) is 0 Å². The molecule has 2 rings (SSSR count). The molecule has 1 aromatic carbocycles. The molecule has 0 spiro atoms. The van der Waals surface area contributed by atoms with E-state index in [4.69, 9.17) is 4.43 Å². The van der Waals surface area contributed by atoms with E-state index in [1.54, 1.807) is 0 Å². The molecule has 1 aliphatic heterocycles. The van der Waals surface area contributed by atoms with E-state index in [0.717, 1.165) is 31.9 Å². The summed E-state index contributed by atoms with van der Waals surface area (Å²) in [5.41, 5.74) is 1.08. The first-order chi connectivity index (χ1) is 10.7. The lowest BCUT2D eigenvalue weighted by molar-refractivity contribution is 0.0305. The van der Waals surface area contributed by atoms with Gasteiger partial charge < -0.3 is 14.8 Å². The first kappa shape index (κ1) is 18.5. The minimum absolute atomic E-state index is 0.175. The quantitative estimate of drug-likeness (QED) is 0.784. The Morgan fingerprint density at radius 3 is 2.22 bits per heavy atom. The minimum Gasteiger partial charge on any atom is -0.544 e. The van der Waals surface area contributed by atoms with Crippen molar-refractivity contribution in [2.45, 2.75) is 39.5 Å². The van der Waals surface area contributed by atoms with Crippen molar-refractivity contribution in [1.82, 2.24) is 10.2 Å². The number of aliphatic hydroxyl groups excluding tert-OH is 1. The maximum absolute atomic E-state index is 9.90. The molecule has 1 aliphatic rings. The average Bonchev–Trinajstić information content (AvgIpc) is 2.49. The third kappa shape index (κ3) is 5.04. The zero-order valence-corrected chi connectivity index (χ0v) is 16.2. The lowest BCUT2D eigenvalue weighted by Gasteiger charge is -2.43. The average molecular weight is 337 g/mol. The molecule has 0 bridgehead atoms. The summed E-state index contributed by atoms with van der Waals surface area (Å²) in [5, 5.41) is 13.3. The van der Waals surface area contributed by atoms with E-state index in [0.29, 0.717) is 0 Å². The van der Waals surface area contributed by atoms with E-state index in [9.17, 15) is 5.11 Å². The molecule has 2 N–H and O–H groups in total. The highest BCUT2D eigenvalue weighted by molar-refractivity contribution is 6.70. The van der Waals surface area contributed by atoms with Crippen LogP contribution in [0.15, 0.2) is 24.3 Å². The molecule has 0 aromatic heterocycles. The van der Waals surface area contributed by atoms with Gasteiger partial charge in [0.05, 0.1) is 0 Å². The van der Waals surface area contributed by atoms with Gasteiger partial charge in [0.1, 0.15) is 5.75 Å². The largest absolute Gasteiger partial charge is 0.544 e. The van der Waals surface area contributed by atoms with Crippen LogP contribution in [0.1, 0.15) is 25.5 Å². The summed E-state index contributed by atoms with van der Waals surface area (Å²) < 4.78 is 6.06. The van der Waals surface area contributed by atoms with Gasteiger partial charge in [-0.2, -0.15) is 0 Å². The molecule has 0 amide bonds. The third-order valence-electron chi connectivity index (χ3n) is 4.28. The lowest BCUT2D eigenvalue weighted by Crippen LogP contribution is -2.49. The van der Waals surface area contributed by atoms with Gasteiger partial charge in [-0.1, -0.05) is 26.0 Å². The summed E-state index contributed by atoms with van der Waals surface area (Å²) in [6, 6.07) is 8.71. The maximum atomic E-state index is 9.90. The van der Waals surface area contributed by atoms with E-state index in [1.165, 1.54) is 5.56 Å². The molecular weight excluding hydrogens is 304 g/mol. The third-order valence-corrected chi connectivity index (χ3v) is 5.13. The molecule has 130 valence electrons. The molecule has 23 heavy (non-hydrogen) atoms. The van der Waals surface area contributed by atoms with Crippen molar-refractivity contribution in [3.8, 4) is 5.75 Å². The van der Waals surface area contributed by atoms with Gasteiger partial charge in [-0.3, -0.25) is 4.90 Å². The van der Waals surface area contributed by atoms with Gasteiger partial charge in [0.15, 0.2) is 0 Å². The van der Waals surface area contributed by atoms with Gasteiger partial charge >= 0.3 is 0 Å². The highest BCUT2D eigenvalue weighted by Gasteiger charge is 2.35. The van der Waals surface area contributed by atoms with Gasteiger partial charge in [0, 0.05) is 44.2 Å². The zero-order valence-electron chi connectivity index (χ0n) is 15.2. The van der Waals surface area contributed by atoms with Crippen LogP contribution in [0.3, 0.4) is 0 Å². The molecule has 1 aromatic rings. The van der Waals surface area contributed by atoms with Gasteiger partial charge in [-0.05, 0) is 37.3 Å². The molecule has 0 aliphatic carbocycles. The predicted molar refractivity (Wildman–Crippen MR) is 98.5 cm³/mol. The number of aliphatic hydroxyl groups is 1. The summed E-state index contributed by atoms with van der Waals surface area (Å²) in [5.74, 6) is 0.953. The van der Waals surface area contributed by atoms with E-state index in [-0.39, 0.29) is 18.1 Å². The Balaban J connectivity index is 2.24. The molecule has 1 heterocycles. The van der Waals surface area contributed by atoms with Crippen molar-refractivity contribution >= 4 is 8.32 Å². The van der Waals surface area contributed by atoms with Crippen molar-refractivity contribution in [2.75, 3.05) is 32.8 Å².